The maximum Gasteiger partial charge on any atom is 0.416 e. The number of nitrogens with two attached hydrogens (primary N) is 1. The number of carbonyl (C=O) groups is 2. The number of amides is 2. The van der Waals surface area contributed by atoms with E-state index in [4.69, 9.17) is 9.88 Å². The average molecular weight is 596 g/mol. The minimum absolute atomic E-state index is 0.0333. The Morgan fingerprint density at radius 3 is 2.52 bits per heavy atom. The van der Waals surface area contributed by atoms with Crippen molar-refractivity contribution in [1.82, 2.24) is 19.0 Å². The van der Waals surface area contributed by atoms with Gasteiger partial charge in [-0.25, -0.2) is 5.14 Å². The topological polar surface area (TPSA) is 128 Å². The lowest BCUT2D eigenvalue weighted by atomic mass is 10.0. The first kappa shape index (κ1) is 28.1. The van der Waals surface area contributed by atoms with Crippen LogP contribution < -0.4 is 9.88 Å². The molecule has 2 aliphatic rings. The zero-order valence-electron chi connectivity index (χ0n) is 21.1. The molecule has 3 aromatic rings. The molecule has 3 heterocycles. The van der Waals surface area contributed by atoms with Crippen molar-refractivity contribution in [3.63, 3.8) is 0 Å². The zero-order valence-corrected chi connectivity index (χ0v) is 22.7. The fourth-order valence-corrected chi connectivity index (χ4v) is 6.49. The van der Waals surface area contributed by atoms with Crippen LogP contribution in [0.15, 0.2) is 47.5 Å². The number of halogens is 3. The van der Waals surface area contributed by atoms with Crippen molar-refractivity contribution in [2.45, 2.75) is 31.6 Å². The van der Waals surface area contributed by atoms with Crippen LogP contribution in [0.5, 0.6) is 5.75 Å². The molecule has 2 aliphatic heterocycles. The number of nitrogens with zero attached hydrogens (tertiary/aromatic N) is 4. The van der Waals surface area contributed by atoms with E-state index in [1.807, 2.05) is 0 Å². The van der Waals surface area contributed by atoms with E-state index in [0.29, 0.717) is 16.5 Å². The predicted molar refractivity (Wildman–Crippen MR) is 142 cm³/mol. The van der Waals surface area contributed by atoms with E-state index in [0.717, 1.165) is 22.1 Å². The fourth-order valence-electron chi connectivity index (χ4n) is 4.87. The summed E-state index contributed by atoms with van der Waals surface area (Å²) in [5.41, 5.74) is 0.432. The number of benzene rings is 2. The first-order valence-corrected chi connectivity index (χ1v) is 14.4. The quantitative estimate of drug-likeness (QED) is 0.429. The molecule has 2 saturated heterocycles. The van der Waals surface area contributed by atoms with E-state index in [9.17, 15) is 31.2 Å². The van der Waals surface area contributed by atoms with E-state index in [1.54, 1.807) is 24.3 Å². The normalized spacial score (nSPS) is 18.8. The van der Waals surface area contributed by atoms with Crippen molar-refractivity contribution in [1.29, 1.82) is 0 Å². The first-order valence-electron chi connectivity index (χ1n) is 12.1. The molecule has 0 aliphatic carbocycles. The lowest BCUT2D eigenvalue weighted by molar-refractivity contribution is -0.138. The van der Waals surface area contributed by atoms with E-state index < -0.39 is 39.1 Å². The Kier molecular flexibility index (Phi) is 7.41. The smallest absolute Gasteiger partial charge is 0.416 e. The Morgan fingerprint density at radius 1 is 1.15 bits per heavy atom. The minimum Gasteiger partial charge on any atom is -0.497 e. The molecule has 212 valence electrons. The third-order valence-corrected chi connectivity index (χ3v) is 8.85. The fraction of sp³-hybridized carbons (Fsp3) is 0.320. The van der Waals surface area contributed by atoms with Gasteiger partial charge < -0.3 is 4.74 Å². The molecule has 40 heavy (non-hydrogen) atoms. The van der Waals surface area contributed by atoms with Crippen LogP contribution in [0.2, 0.25) is 0 Å². The van der Waals surface area contributed by atoms with Crippen molar-refractivity contribution in [3.05, 3.63) is 64.2 Å². The number of hydrogen-bond acceptors (Lipinski definition) is 7. The number of carbonyl (C=O) groups excluding carboxylic acids is 2. The van der Waals surface area contributed by atoms with E-state index in [2.05, 4.69) is 5.10 Å². The molecule has 2 fully saturated rings. The highest BCUT2D eigenvalue weighted by Crippen LogP contribution is 2.37. The van der Waals surface area contributed by atoms with Gasteiger partial charge >= 0.3 is 6.18 Å². The van der Waals surface area contributed by atoms with Gasteiger partial charge in [0.15, 0.2) is 0 Å². The van der Waals surface area contributed by atoms with Gasteiger partial charge in [0, 0.05) is 24.5 Å². The number of piperidine rings is 1. The van der Waals surface area contributed by atoms with Crippen LogP contribution in [0.1, 0.15) is 29.5 Å². The third-order valence-electron chi connectivity index (χ3n) is 6.88. The lowest BCUT2D eigenvalue weighted by Gasteiger charge is -2.33. The first-order chi connectivity index (χ1) is 18.8. The van der Waals surface area contributed by atoms with Gasteiger partial charge in [0.1, 0.15) is 5.75 Å². The summed E-state index contributed by atoms with van der Waals surface area (Å²) < 4.78 is 71.5. The van der Waals surface area contributed by atoms with E-state index in [-0.39, 0.29) is 48.7 Å². The van der Waals surface area contributed by atoms with Crippen LogP contribution in [0.4, 0.5) is 18.0 Å². The summed E-state index contributed by atoms with van der Waals surface area (Å²) in [6.45, 7) is 0.114. The number of fused-ring (bicyclic) bond motifs is 1. The van der Waals surface area contributed by atoms with E-state index in [1.165, 1.54) is 35.0 Å². The van der Waals surface area contributed by atoms with Gasteiger partial charge in [-0.05, 0) is 66.1 Å². The molecule has 2 amide bonds. The molecule has 15 heteroatoms. The van der Waals surface area contributed by atoms with Gasteiger partial charge in [-0.1, -0.05) is 12.1 Å². The molecule has 2 N–H and O–H groups in total. The second-order valence-electron chi connectivity index (χ2n) is 9.37. The molecular weight excluding hydrogens is 571 g/mol. The molecule has 0 spiro atoms. The highest BCUT2D eigenvalue weighted by atomic mass is 32.2. The lowest BCUT2D eigenvalue weighted by Crippen LogP contribution is -2.49. The van der Waals surface area contributed by atoms with Gasteiger partial charge in [0.25, 0.3) is 21.4 Å². The van der Waals surface area contributed by atoms with Gasteiger partial charge in [0.2, 0.25) is 0 Å². The van der Waals surface area contributed by atoms with Gasteiger partial charge in [-0.3, -0.25) is 19.2 Å². The summed E-state index contributed by atoms with van der Waals surface area (Å²) in [5.74, 6) is -0.358. The molecular formula is C25H24F3N5O5S2. The Bertz CT molecular complexity index is 1630. The summed E-state index contributed by atoms with van der Waals surface area (Å²) in [7, 11) is -2.53. The summed E-state index contributed by atoms with van der Waals surface area (Å²) in [6, 6.07) is 8.46. The van der Waals surface area contributed by atoms with Crippen LogP contribution in [0.25, 0.3) is 17.0 Å². The van der Waals surface area contributed by atoms with Crippen molar-refractivity contribution in [2.24, 2.45) is 5.14 Å². The van der Waals surface area contributed by atoms with Crippen LogP contribution in [-0.2, 0) is 27.7 Å². The average Bonchev–Trinajstić information content (AvgIpc) is 3.42. The summed E-state index contributed by atoms with van der Waals surface area (Å²) >= 11 is 0.800. The largest absolute Gasteiger partial charge is 0.497 e. The summed E-state index contributed by atoms with van der Waals surface area (Å²) in [4.78, 5) is 27.1. The Hall–Kier alpha value is -3.40. The van der Waals surface area contributed by atoms with Crippen molar-refractivity contribution >= 4 is 50.1 Å². The van der Waals surface area contributed by atoms with Crippen molar-refractivity contribution < 1.29 is 35.9 Å². The van der Waals surface area contributed by atoms with Gasteiger partial charge in [0.05, 0.1) is 35.8 Å². The second kappa shape index (κ2) is 10.5. The van der Waals surface area contributed by atoms with Crippen molar-refractivity contribution in [3.8, 4) is 5.75 Å². The van der Waals surface area contributed by atoms with E-state index >= 15 is 0 Å². The van der Waals surface area contributed by atoms with Gasteiger partial charge in [-0.2, -0.15) is 31.0 Å². The van der Waals surface area contributed by atoms with Crippen molar-refractivity contribution in [2.75, 3.05) is 20.2 Å². The molecule has 0 radical (unpaired) electrons. The molecule has 0 bridgehead atoms. The summed E-state index contributed by atoms with van der Waals surface area (Å²) in [6.07, 6.45) is -0.892. The molecule has 10 nitrogen and oxygen atoms in total. The molecule has 0 saturated carbocycles. The Labute approximate surface area is 231 Å². The number of aromatic nitrogens is 2. The molecule has 1 aromatic heterocycles. The maximum absolute atomic E-state index is 13.6. The highest BCUT2D eigenvalue weighted by molar-refractivity contribution is 8.18. The Balaban J connectivity index is 1.34. The second-order valence-corrected chi connectivity index (χ2v) is 11.9. The van der Waals surface area contributed by atoms with Crippen LogP contribution in [0.3, 0.4) is 0 Å². The predicted octanol–water partition coefficient (Wildman–Crippen LogP) is 3.82. The van der Waals surface area contributed by atoms with Gasteiger partial charge in [-0.15, -0.1) is 0 Å². The number of alkyl halides is 3. The van der Waals surface area contributed by atoms with Crippen LogP contribution in [-0.4, -0.2) is 64.8 Å². The molecule has 0 atom stereocenters. The maximum atomic E-state index is 13.6. The zero-order chi connectivity index (χ0) is 28.8. The highest BCUT2D eigenvalue weighted by Gasteiger charge is 2.41. The third kappa shape index (κ3) is 5.59. The number of thioether (sulfide) groups is 1. The van der Waals surface area contributed by atoms with Crippen LogP contribution >= 0.6 is 11.8 Å². The SMILES string of the molecule is COc1ccc(Cn2ncc3cc(C=C4SC(=O)N(C5CCN(S(N)(=O)=O)CC5)C4=O)ccc32)c(C(F)(F)F)c1. The standard InChI is InChI=1S/C25H24F3N5O5S2/c1-38-19-4-3-16(20(12-19)25(26,27)28)14-32-21-5-2-15(10-17(21)13-30-32)11-22-23(34)33(24(35)39-22)18-6-8-31(9-7-18)40(29,36)37/h2-5,10-13,18H,6-9,14H2,1H3,(H2,29,36,37). The molecule has 0 unspecified atom stereocenters. The number of rotatable bonds is 6. The molecule has 2 aromatic carbocycles. The summed E-state index contributed by atoms with van der Waals surface area (Å²) in [5, 5.41) is 9.64. The van der Waals surface area contributed by atoms with Crippen LogP contribution in [0, 0.1) is 0 Å². The number of imide groups is 1. The Morgan fingerprint density at radius 2 is 1.88 bits per heavy atom. The molecule has 5 rings (SSSR count). The monoisotopic (exact) mass is 595 g/mol. The number of hydrogen-bond donors (Lipinski definition) is 1. The number of methoxy groups -OCH3 is 1. The number of ether oxygens (including phenoxy) is 1. The minimum atomic E-state index is -4.57.